The van der Waals surface area contributed by atoms with Crippen LogP contribution in [0.15, 0.2) is 30.3 Å². The fourth-order valence-corrected chi connectivity index (χ4v) is 2.62. The zero-order valence-corrected chi connectivity index (χ0v) is 13.5. The lowest BCUT2D eigenvalue weighted by Crippen LogP contribution is -2.39. The van der Waals surface area contributed by atoms with Crippen molar-refractivity contribution in [1.82, 2.24) is 15.5 Å². The minimum Gasteiger partial charge on any atom is -0.354 e. The molecule has 0 radical (unpaired) electrons. The first kappa shape index (κ1) is 17.0. The molecule has 1 aliphatic rings. The Morgan fingerprint density at radius 3 is 2.52 bits per heavy atom. The van der Waals surface area contributed by atoms with Gasteiger partial charge in [-0.1, -0.05) is 18.2 Å². The van der Waals surface area contributed by atoms with Crippen molar-refractivity contribution in [2.24, 2.45) is 5.92 Å². The van der Waals surface area contributed by atoms with Crippen LogP contribution in [0.2, 0.25) is 0 Å². The second-order valence-electron chi connectivity index (χ2n) is 6.06. The van der Waals surface area contributed by atoms with E-state index in [2.05, 4.69) is 10.6 Å². The van der Waals surface area contributed by atoms with Gasteiger partial charge in [-0.25, -0.2) is 0 Å². The van der Waals surface area contributed by atoms with E-state index in [1.807, 2.05) is 24.8 Å². The summed E-state index contributed by atoms with van der Waals surface area (Å²) in [6, 6.07) is 8.94. The van der Waals surface area contributed by atoms with Crippen LogP contribution in [0, 0.1) is 5.92 Å². The number of nitrogens with zero attached hydrogens (tertiary/aromatic N) is 1. The number of carbonyl (C=O) groups excluding carboxylic acids is 3. The zero-order valence-electron chi connectivity index (χ0n) is 13.5. The molecule has 1 atom stereocenters. The molecule has 2 N–H and O–H groups in total. The summed E-state index contributed by atoms with van der Waals surface area (Å²) in [5, 5.41) is 5.36. The maximum atomic E-state index is 11.8. The van der Waals surface area contributed by atoms with Crippen molar-refractivity contribution in [2.45, 2.75) is 26.3 Å². The summed E-state index contributed by atoms with van der Waals surface area (Å²) < 4.78 is 0. The quantitative estimate of drug-likeness (QED) is 0.814. The number of rotatable bonds is 6. The lowest BCUT2D eigenvalue weighted by molar-refractivity contribution is -0.129. The monoisotopic (exact) mass is 317 g/mol. The van der Waals surface area contributed by atoms with E-state index in [1.165, 1.54) is 0 Å². The van der Waals surface area contributed by atoms with Gasteiger partial charge in [0.15, 0.2) is 0 Å². The van der Waals surface area contributed by atoms with Crippen LogP contribution in [0.5, 0.6) is 0 Å². The van der Waals surface area contributed by atoms with Crippen LogP contribution in [0.3, 0.4) is 0 Å². The average molecular weight is 317 g/mol. The topological polar surface area (TPSA) is 78.5 Å². The van der Waals surface area contributed by atoms with E-state index < -0.39 is 0 Å². The van der Waals surface area contributed by atoms with Crippen LogP contribution in [0.1, 0.15) is 30.6 Å². The number of benzene rings is 1. The summed E-state index contributed by atoms with van der Waals surface area (Å²) in [7, 11) is 0. The second kappa shape index (κ2) is 7.76. The van der Waals surface area contributed by atoms with Gasteiger partial charge in [-0.2, -0.15) is 0 Å². The first-order chi connectivity index (χ1) is 11.0. The molecule has 6 nitrogen and oxygen atoms in total. The molecule has 0 saturated carbocycles. The normalized spacial score (nSPS) is 17.4. The van der Waals surface area contributed by atoms with Gasteiger partial charge in [0.1, 0.15) is 0 Å². The Morgan fingerprint density at radius 2 is 1.91 bits per heavy atom. The molecular formula is C17H23N3O3. The Balaban J connectivity index is 1.70. The summed E-state index contributed by atoms with van der Waals surface area (Å²) in [5.74, 6) is -0.247. The van der Waals surface area contributed by atoms with Gasteiger partial charge < -0.3 is 15.5 Å². The van der Waals surface area contributed by atoms with Crippen molar-refractivity contribution in [3.63, 3.8) is 0 Å². The SMILES string of the molecule is CC(C)N1CC(CNC(=O)CNC(=O)c2ccccc2)CC1=O. The van der Waals surface area contributed by atoms with Crippen LogP contribution in [-0.2, 0) is 9.59 Å². The highest BCUT2D eigenvalue weighted by atomic mass is 16.2. The molecule has 0 spiro atoms. The van der Waals surface area contributed by atoms with Crippen LogP contribution < -0.4 is 10.6 Å². The Labute approximate surface area is 136 Å². The van der Waals surface area contributed by atoms with Crippen LogP contribution >= 0.6 is 0 Å². The van der Waals surface area contributed by atoms with Gasteiger partial charge in [0.2, 0.25) is 11.8 Å². The van der Waals surface area contributed by atoms with Crippen molar-refractivity contribution in [1.29, 1.82) is 0 Å². The summed E-state index contributed by atoms with van der Waals surface area (Å²) in [6.45, 7) is 5.03. The molecular weight excluding hydrogens is 294 g/mol. The molecule has 0 aliphatic carbocycles. The molecule has 23 heavy (non-hydrogen) atoms. The standard InChI is InChI=1S/C17H23N3O3/c1-12(2)20-11-13(8-16(20)22)9-18-15(21)10-19-17(23)14-6-4-3-5-7-14/h3-7,12-13H,8-11H2,1-2H3,(H,18,21)(H,19,23). The predicted molar refractivity (Wildman–Crippen MR) is 86.7 cm³/mol. The van der Waals surface area contributed by atoms with E-state index in [0.717, 1.165) is 0 Å². The largest absolute Gasteiger partial charge is 0.354 e. The molecule has 2 rings (SSSR count). The summed E-state index contributed by atoms with van der Waals surface area (Å²) >= 11 is 0. The molecule has 0 bridgehead atoms. The van der Waals surface area contributed by atoms with Gasteiger partial charge in [-0.05, 0) is 26.0 Å². The fraction of sp³-hybridized carbons (Fsp3) is 0.471. The molecule has 1 heterocycles. The summed E-state index contributed by atoms with van der Waals surface area (Å²) in [6.07, 6.45) is 0.467. The Morgan fingerprint density at radius 1 is 1.22 bits per heavy atom. The maximum Gasteiger partial charge on any atom is 0.251 e. The van der Waals surface area contributed by atoms with Crippen LogP contribution in [0.25, 0.3) is 0 Å². The third kappa shape index (κ3) is 4.81. The van der Waals surface area contributed by atoms with E-state index in [4.69, 9.17) is 0 Å². The van der Waals surface area contributed by atoms with Gasteiger partial charge in [-0.3, -0.25) is 14.4 Å². The van der Waals surface area contributed by atoms with E-state index in [9.17, 15) is 14.4 Å². The molecule has 1 aromatic rings. The van der Waals surface area contributed by atoms with E-state index >= 15 is 0 Å². The van der Waals surface area contributed by atoms with Gasteiger partial charge in [0.05, 0.1) is 6.54 Å². The zero-order chi connectivity index (χ0) is 16.8. The van der Waals surface area contributed by atoms with Crippen molar-refractivity contribution in [2.75, 3.05) is 19.6 Å². The summed E-state index contributed by atoms with van der Waals surface area (Å²) in [5.41, 5.74) is 0.522. The fourth-order valence-electron chi connectivity index (χ4n) is 2.62. The number of carbonyl (C=O) groups is 3. The number of amides is 3. The maximum absolute atomic E-state index is 11.8. The molecule has 3 amide bonds. The smallest absolute Gasteiger partial charge is 0.251 e. The molecule has 1 unspecified atom stereocenters. The number of nitrogens with one attached hydrogen (secondary N) is 2. The Kier molecular flexibility index (Phi) is 5.73. The van der Waals surface area contributed by atoms with Gasteiger partial charge in [0, 0.05) is 37.0 Å². The van der Waals surface area contributed by atoms with Crippen LogP contribution in [-0.4, -0.2) is 48.3 Å². The minimum absolute atomic E-state index is 0.0672. The first-order valence-corrected chi connectivity index (χ1v) is 7.86. The third-order valence-corrected chi connectivity index (χ3v) is 3.90. The Hall–Kier alpha value is -2.37. The van der Waals surface area contributed by atoms with Crippen molar-refractivity contribution in [3.05, 3.63) is 35.9 Å². The van der Waals surface area contributed by atoms with E-state index in [0.29, 0.717) is 25.1 Å². The molecule has 6 heteroatoms. The minimum atomic E-state index is -0.275. The van der Waals surface area contributed by atoms with E-state index in [1.54, 1.807) is 24.3 Å². The predicted octanol–water partition coefficient (Wildman–Crippen LogP) is 0.790. The highest BCUT2D eigenvalue weighted by Gasteiger charge is 2.31. The van der Waals surface area contributed by atoms with Crippen molar-refractivity contribution < 1.29 is 14.4 Å². The van der Waals surface area contributed by atoms with Crippen molar-refractivity contribution >= 4 is 17.7 Å². The van der Waals surface area contributed by atoms with Crippen LogP contribution in [0.4, 0.5) is 0 Å². The summed E-state index contributed by atoms with van der Waals surface area (Å²) in [4.78, 5) is 37.3. The van der Waals surface area contributed by atoms with E-state index in [-0.39, 0.29) is 36.2 Å². The lowest BCUT2D eigenvalue weighted by Gasteiger charge is -2.21. The number of hydrogen-bond acceptors (Lipinski definition) is 3. The highest BCUT2D eigenvalue weighted by Crippen LogP contribution is 2.19. The van der Waals surface area contributed by atoms with Crippen molar-refractivity contribution in [3.8, 4) is 0 Å². The molecule has 1 aromatic carbocycles. The molecule has 124 valence electrons. The molecule has 1 aliphatic heterocycles. The number of hydrogen-bond donors (Lipinski definition) is 2. The van der Waals surface area contributed by atoms with Gasteiger partial charge in [0.25, 0.3) is 5.91 Å². The average Bonchev–Trinajstić information content (AvgIpc) is 2.92. The molecule has 0 aromatic heterocycles. The highest BCUT2D eigenvalue weighted by molar-refractivity contribution is 5.96. The molecule has 1 saturated heterocycles. The lowest BCUT2D eigenvalue weighted by atomic mass is 10.1. The first-order valence-electron chi connectivity index (χ1n) is 7.86. The number of likely N-dealkylation sites (tertiary alicyclic amines) is 1. The van der Waals surface area contributed by atoms with Gasteiger partial charge >= 0.3 is 0 Å². The Bertz CT molecular complexity index is 572. The van der Waals surface area contributed by atoms with Gasteiger partial charge in [-0.15, -0.1) is 0 Å². The second-order valence-corrected chi connectivity index (χ2v) is 6.06. The molecule has 1 fully saturated rings. The third-order valence-electron chi connectivity index (χ3n) is 3.90.